The molecule has 0 aliphatic rings. The lowest BCUT2D eigenvalue weighted by Crippen LogP contribution is -2.38. The number of rotatable bonds is 5. The van der Waals surface area contributed by atoms with Gasteiger partial charge >= 0.3 is 0 Å². The SMILES string of the molecule is Cc1sc(-c2ccco2)nc1C(=O)NCC(C)(O)c1cccs1. The number of carbonyl (C=O) groups excluding carboxylic acids is 1. The summed E-state index contributed by atoms with van der Waals surface area (Å²) in [6, 6.07) is 7.31. The number of thiophene rings is 1. The number of nitrogens with zero attached hydrogens (tertiary/aromatic N) is 1. The van der Waals surface area contributed by atoms with Crippen molar-refractivity contribution >= 4 is 28.6 Å². The number of furan rings is 1. The third-order valence-electron chi connectivity index (χ3n) is 3.39. The van der Waals surface area contributed by atoms with Crippen LogP contribution in [0, 0.1) is 6.92 Å². The van der Waals surface area contributed by atoms with Crippen LogP contribution in [0.15, 0.2) is 40.3 Å². The van der Waals surface area contributed by atoms with Gasteiger partial charge in [0.05, 0.1) is 12.8 Å². The molecule has 7 heteroatoms. The molecule has 0 saturated heterocycles. The molecule has 3 heterocycles. The fourth-order valence-corrected chi connectivity index (χ4v) is 3.79. The van der Waals surface area contributed by atoms with Crippen molar-refractivity contribution in [3.8, 4) is 10.8 Å². The molecular formula is C16H16N2O3S2. The molecule has 1 atom stereocenters. The highest BCUT2D eigenvalue weighted by Crippen LogP contribution is 2.28. The summed E-state index contributed by atoms with van der Waals surface area (Å²) in [6.45, 7) is 3.65. The maximum atomic E-state index is 12.4. The fraction of sp³-hybridized carbons (Fsp3) is 0.250. The summed E-state index contributed by atoms with van der Waals surface area (Å²) in [5.74, 6) is 0.344. The maximum Gasteiger partial charge on any atom is 0.271 e. The molecule has 3 aromatic rings. The first-order valence-corrected chi connectivity index (χ1v) is 8.73. The molecule has 0 aliphatic heterocycles. The van der Waals surface area contributed by atoms with Gasteiger partial charge in [-0.3, -0.25) is 4.79 Å². The Kier molecular flexibility index (Phi) is 4.34. The van der Waals surface area contributed by atoms with E-state index in [1.165, 1.54) is 22.7 Å². The summed E-state index contributed by atoms with van der Waals surface area (Å²) in [5, 5.41) is 15.8. The molecule has 3 rings (SSSR count). The van der Waals surface area contributed by atoms with Crippen LogP contribution in [0.1, 0.15) is 27.2 Å². The molecule has 0 radical (unpaired) electrons. The number of hydrogen-bond donors (Lipinski definition) is 2. The summed E-state index contributed by atoms with van der Waals surface area (Å²) in [7, 11) is 0. The number of aliphatic hydroxyl groups is 1. The van der Waals surface area contributed by atoms with Crippen LogP contribution in [0.4, 0.5) is 0 Å². The molecular weight excluding hydrogens is 332 g/mol. The van der Waals surface area contributed by atoms with E-state index >= 15 is 0 Å². The van der Waals surface area contributed by atoms with Crippen LogP contribution in [-0.4, -0.2) is 22.5 Å². The molecule has 120 valence electrons. The Morgan fingerprint density at radius 3 is 2.91 bits per heavy atom. The lowest BCUT2D eigenvalue weighted by molar-refractivity contribution is 0.0555. The van der Waals surface area contributed by atoms with Crippen LogP contribution in [0.25, 0.3) is 10.8 Å². The van der Waals surface area contributed by atoms with Gasteiger partial charge in [0.2, 0.25) is 0 Å². The number of amides is 1. The summed E-state index contributed by atoms with van der Waals surface area (Å²) >= 11 is 2.86. The van der Waals surface area contributed by atoms with Crippen molar-refractivity contribution in [3.05, 3.63) is 51.4 Å². The van der Waals surface area contributed by atoms with Gasteiger partial charge in [-0.1, -0.05) is 6.07 Å². The van der Waals surface area contributed by atoms with E-state index in [0.717, 1.165) is 9.75 Å². The molecule has 0 saturated carbocycles. The second-order valence-electron chi connectivity index (χ2n) is 5.33. The van der Waals surface area contributed by atoms with Crippen LogP contribution >= 0.6 is 22.7 Å². The highest BCUT2D eigenvalue weighted by atomic mass is 32.1. The lowest BCUT2D eigenvalue weighted by Gasteiger charge is -2.22. The Hall–Kier alpha value is -1.96. The van der Waals surface area contributed by atoms with E-state index in [0.29, 0.717) is 16.5 Å². The Balaban J connectivity index is 1.72. The van der Waals surface area contributed by atoms with E-state index in [1.54, 1.807) is 19.3 Å². The molecule has 3 aromatic heterocycles. The highest BCUT2D eigenvalue weighted by molar-refractivity contribution is 7.15. The summed E-state index contributed by atoms with van der Waals surface area (Å²) in [4.78, 5) is 18.3. The molecule has 1 amide bonds. The van der Waals surface area contributed by atoms with Gasteiger partial charge in [0, 0.05) is 9.75 Å². The van der Waals surface area contributed by atoms with Crippen LogP contribution in [0.3, 0.4) is 0 Å². The normalized spacial score (nSPS) is 13.7. The van der Waals surface area contributed by atoms with Crippen molar-refractivity contribution in [1.29, 1.82) is 0 Å². The van der Waals surface area contributed by atoms with Crippen LogP contribution in [-0.2, 0) is 5.60 Å². The average Bonchev–Trinajstić information content (AvgIpc) is 3.24. The van der Waals surface area contributed by atoms with Gasteiger partial charge in [-0.15, -0.1) is 22.7 Å². The highest BCUT2D eigenvalue weighted by Gasteiger charge is 2.26. The molecule has 0 bridgehead atoms. The van der Waals surface area contributed by atoms with E-state index in [9.17, 15) is 9.90 Å². The molecule has 23 heavy (non-hydrogen) atoms. The molecule has 0 fully saturated rings. The molecule has 2 N–H and O–H groups in total. The number of nitrogens with one attached hydrogen (secondary N) is 1. The second-order valence-corrected chi connectivity index (χ2v) is 7.49. The minimum atomic E-state index is -1.10. The van der Waals surface area contributed by atoms with Crippen LogP contribution < -0.4 is 5.32 Å². The average molecular weight is 348 g/mol. The Bertz CT molecular complexity index is 790. The van der Waals surface area contributed by atoms with Crippen LogP contribution in [0.5, 0.6) is 0 Å². The maximum absolute atomic E-state index is 12.4. The monoisotopic (exact) mass is 348 g/mol. The van der Waals surface area contributed by atoms with Crippen molar-refractivity contribution in [1.82, 2.24) is 10.3 Å². The van der Waals surface area contributed by atoms with Crippen molar-refractivity contribution in [2.24, 2.45) is 0 Å². The number of aryl methyl sites for hydroxylation is 1. The lowest BCUT2D eigenvalue weighted by atomic mass is 10.1. The number of aromatic nitrogens is 1. The van der Waals surface area contributed by atoms with Crippen molar-refractivity contribution in [2.45, 2.75) is 19.4 Å². The Labute approximate surface area is 141 Å². The molecule has 5 nitrogen and oxygen atoms in total. The zero-order valence-electron chi connectivity index (χ0n) is 12.7. The number of thiazole rings is 1. The van der Waals surface area contributed by atoms with Gasteiger partial charge in [0.1, 0.15) is 11.3 Å². The summed E-state index contributed by atoms with van der Waals surface area (Å²) < 4.78 is 5.31. The second kappa shape index (κ2) is 6.27. The van der Waals surface area contributed by atoms with Gasteiger partial charge in [-0.05, 0) is 37.4 Å². The fourth-order valence-electron chi connectivity index (χ4n) is 2.12. The predicted octanol–water partition coefficient (Wildman–Crippen LogP) is 3.41. The largest absolute Gasteiger partial charge is 0.462 e. The Morgan fingerprint density at radius 1 is 1.43 bits per heavy atom. The van der Waals surface area contributed by atoms with E-state index in [1.807, 2.05) is 30.5 Å². The zero-order valence-corrected chi connectivity index (χ0v) is 14.3. The zero-order chi connectivity index (χ0) is 16.4. The van der Waals surface area contributed by atoms with Gasteiger partial charge in [0.25, 0.3) is 5.91 Å². The first kappa shape index (κ1) is 15.9. The third-order valence-corrected chi connectivity index (χ3v) is 5.50. The minimum Gasteiger partial charge on any atom is -0.462 e. The van der Waals surface area contributed by atoms with Gasteiger partial charge < -0.3 is 14.8 Å². The van der Waals surface area contributed by atoms with Gasteiger partial charge in [0.15, 0.2) is 10.8 Å². The van der Waals surface area contributed by atoms with E-state index < -0.39 is 5.60 Å². The minimum absolute atomic E-state index is 0.124. The Morgan fingerprint density at radius 2 is 2.26 bits per heavy atom. The first-order chi connectivity index (χ1) is 11.0. The van der Waals surface area contributed by atoms with E-state index in [-0.39, 0.29) is 12.5 Å². The smallest absolute Gasteiger partial charge is 0.271 e. The standard InChI is InChI=1S/C16H16N2O3S2/c1-10-13(18-15(23-10)11-5-3-7-21-11)14(19)17-9-16(2,20)12-6-4-8-22-12/h3-8,20H,9H2,1-2H3,(H,17,19). The molecule has 0 aliphatic carbocycles. The molecule has 0 aromatic carbocycles. The van der Waals surface area contributed by atoms with Crippen molar-refractivity contribution in [2.75, 3.05) is 6.54 Å². The third kappa shape index (κ3) is 3.36. The van der Waals surface area contributed by atoms with Crippen molar-refractivity contribution in [3.63, 3.8) is 0 Å². The quantitative estimate of drug-likeness (QED) is 0.741. The topological polar surface area (TPSA) is 75.4 Å². The van der Waals surface area contributed by atoms with E-state index in [4.69, 9.17) is 4.42 Å². The van der Waals surface area contributed by atoms with E-state index in [2.05, 4.69) is 10.3 Å². The molecule has 1 unspecified atom stereocenters. The first-order valence-electron chi connectivity index (χ1n) is 7.03. The molecule has 0 spiro atoms. The summed E-state index contributed by atoms with van der Waals surface area (Å²) in [5.41, 5.74) is -0.735. The van der Waals surface area contributed by atoms with Crippen molar-refractivity contribution < 1.29 is 14.3 Å². The number of hydrogen-bond acceptors (Lipinski definition) is 6. The number of carbonyl (C=O) groups is 1. The van der Waals surface area contributed by atoms with Crippen LogP contribution in [0.2, 0.25) is 0 Å². The summed E-state index contributed by atoms with van der Waals surface area (Å²) in [6.07, 6.45) is 1.57. The van der Waals surface area contributed by atoms with Gasteiger partial charge in [-0.25, -0.2) is 4.98 Å². The predicted molar refractivity (Wildman–Crippen MR) is 90.8 cm³/mol. The van der Waals surface area contributed by atoms with Gasteiger partial charge in [-0.2, -0.15) is 0 Å².